The number of hydrogen-bond acceptors (Lipinski definition) is 4. The predicted molar refractivity (Wildman–Crippen MR) is 247 cm³/mol. The van der Waals surface area contributed by atoms with Gasteiger partial charge >= 0.3 is 0 Å². The molecule has 278 valence electrons. The third-order valence-corrected chi connectivity index (χ3v) is 11.8. The van der Waals surface area contributed by atoms with Gasteiger partial charge in [-0.1, -0.05) is 182 Å². The second-order valence-electron chi connectivity index (χ2n) is 15.4. The van der Waals surface area contributed by atoms with Gasteiger partial charge in [-0.3, -0.25) is 0 Å². The van der Waals surface area contributed by atoms with Gasteiger partial charge < -0.3 is 0 Å². The number of rotatable bonds is 6. The lowest BCUT2D eigenvalue weighted by Gasteiger charge is -2.11. The molecule has 0 bridgehead atoms. The van der Waals surface area contributed by atoms with E-state index in [0.29, 0.717) is 5.82 Å². The normalized spacial score (nSPS) is 11.7. The lowest BCUT2D eigenvalue weighted by molar-refractivity contribution is 1.18. The van der Waals surface area contributed by atoms with Gasteiger partial charge in [0.05, 0.1) is 33.8 Å². The molecule has 3 heterocycles. The summed E-state index contributed by atoms with van der Waals surface area (Å²) in [5.74, 6) is 0.698. The highest BCUT2D eigenvalue weighted by Gasteiger charge is 2.24. The van der Waals surface area contributed by atoms with Crippen molar-refractivity contribution in [3.8, 4) is 89.8 Å². The third-order valence-electron chi connectivity index (χ3n) is 11.8. The van der Waals surface area contributed by atoms with Gasteiger partial charge in [0, 0.05) is 38.6 Å². The second-order valence-corrected chi connectivity index (χ2v) is 15.4. The van der Waals surface area contributed by atoms with Crippen molar-refractivity contribution in [3.63, 3.8) is 0 Å². The summed E-state index contributed by atoms with van der Waals surface area (Å²) < 4.78 is 0. The van der Waals surface area contributed by atoms with E-state index in [1.807, 2.05) is 18.2 Å². The first kappa shape index (κ1) is 34.0. The minimum atomic E-state index is 0.698. The minimum Gasteiger partial charge on any atom is -0.245 e. The molecule has 0 saturated carbocycles. The van der Waals surface area contributed by atoms with Gasteiger partial charge in [-0.25, -0.2) is 19.9 Å². The van der Waals surface area contributed by atoms with Crippen molar-refractivity contribution in [3.05, 3.63) is 206 Å². The van der Waals surface area contributed by atoms with E-state index < -0.39 is 0 Å². The molecule has 0 N–H and O–H groups in total. The molecule has 0 amide bonds. The van der Waals surface area contributed by atoms with Crippen LogP contribution in [0.5, 0.6) is 0 Å². The quantitative estimate of drug-likeness (QED) is 0.158. The topological polar surface area (TPSA) is 51.6 Å². The molecule has 0 atom stereocenters. The number of pyridine rings is 2. The zero-order valence-corrected chi connectivity index (χ0v) is 32.4. The smallest absolute Gasteiger partial charge is 0.160 e. The number of benzene rings is 8. The Balaban J connectivity index is 0.959. The first-order chi connectivity index (χ1) is 29.7. The first-order valence-electron chi connectivity index (χ1n) is 20.3. The van der Waals surface area contributed by atoms with Gasteiger partial charge in [0.15, 0.2) is 5.82 Å². The summed E-state index contributed by atoms with van der Waals surface area (Å²) in [6.45, 7) is 0. The van der Waals surface area contributed by atoms with Crippen molar-refractivity contribution < 1.29 is 0 Å². The Hall–Kier alpha value is -8.08. The van der Waals surface area contributed by atoms with Gasteiger partial charge in [-0.2, -0.15) is 0 Å². The van der Waals surface area contributed by atoms with Crippen molar-refractivity contribution in [2.75, 3.05) is 0 Å². The molecule has 4 nitrogen and oxygen atoms in total. The van der Waals surface area contributed by atoms with E-state index in [-0.39, 0.29) is 0 Å². The highest BCUT2D eigenvalue weighted by Crippen LogP contribution is 2.50. The van der Waals surface area contributed by atoms with Crippen molar-refractivity contribution >= 4 is 32.6 Å². The van der Waals surface area contributed by atoms with E-state index in [9.17, 15) is 0 Å². The average molecular weight is 763 g/mol. The van der Waals surface area contributed by atoms with Crippen molar-refractivity contribution in [2.45, 2.75) is 0 Å². The van der Waals surface area contributed by atoms with Gasteiger partial charge in [-0.05, 0) is 68.4 Å². The average Bonchev–Trinajstić information content (AvgIpc) is 3.66. The van der Waals surface area contributed by atoms with Crippen LogP contribution < -0.4 is 0 Å². The minimum absolute atomic E-state index is 0.698. The van der Waals surface area contributed by atoms with Gasteiger partial charge in [-0.15, -0.1) is 0 Å². The number of aromatic nitrogens is 4. The fourth-order valence-electron chi connectivity index (χ4n) is 8.85. The molecule has 0 spiro atoms. The van der Waals surface area contributed by atoms with E-state index in [2.05, 4.69) is 188 Å². The molecule has 8 aromatic carbocycles. The number of fused-ring (bicyclic) bond motifs is 6. The zero-order valence-electron chi connectivity index (χ0n) is 32.4. The molecule has 60 heavy (non-hydrogen) atoms. The van der Waals surface area contributed by atoms with E-state index >= 15 is 0 Å². The Labute approximate surface area is 347 Å². The van der Waals surface area contributed by atoms with Crippen LogP contribution in [0.1, 0.15) is 0 Å². The molecular formula is C56H34N4. The van der Waals surface area contributed by atoms with Gasteiger partial charge in [0.25, 0.3) is 0 Å². The maximum absolute atomic E-state index is 5.35. The zero-order chi connectivity index (χ0) is 39.6. The lowest BCUT2D eigenvalue weighted by Crippen LogP contribution is -1.96. The molecule has 11 aromatic rings. The SMILES string of the molecule is c1ccc(-c2ccc(-c3nc(-c4ccccc4)cc(-c4ccc5c(c4)-c4cccc6c(-c7ccc8ccc9ccc(-c%10ccccc%10)nc9c8n7)ccc-5c46)n3)cc2)cc1. The van der Waals surface area contributed by atoms with E-state index in [1.165, 1.54) is 38.6 Å². The van der Waals surface area contributed by atoms with E-state index in [1.54, 1.807) is 0 Å². The maximum Gasteiger partial charge on any atom is 0.160 e. The highest BCUT2D eigenvalue weighted by molar-refractivity contribution is 6.19. The summed E-state index contributed by atoms with van der Waals surface area (Å²) in [5, 5.41) is 4.58. The van der Waals surface area contributed by atoms with Crippen molar-refractivity contribution in [1.29, 1.82) is 0 Å². The molecule has 0 unspecified atom stereocenters. The van der Waals surface area contributed by atoms with Crippen LogP contribution in [0.15, 0.2) is 206 Å². The molecule has 3 aromatic heterocycles. The molecule has 12 rings (SSSR count). The first-order valence-corrected chi connectivity index (χ1v) is 20.3. The van der Waals surface area contributed by atoms with E-state index in [0.717, 1.165) is 78.0 Å². The van der Waals surface area contributed by atoms with Crippen LogP contribution in [0.25, 0.3) is 122 Å². The predicted octanol–water partition coefficient (Wildman–Crippen LogP) is 14.4. The molecular weight excluding hydrogens is 729 g/mol. The Morgan fingerprint density at radius 3 is 1.45 bits per heavy atom. The Kier molecular flexibility index (Phi) is 7.82. The summed E-state index contributed by atoms with van der Waals surface area (Å²) >= 11 is 0. The van der Waals surface area contributed by atoms with Crippen LogP contribution in [0.4, 0.5) is 0 Å². The van der Waals surface area contributed by atoms with Crippen LogP contribution in [0.3, 0.4) is 0 Å². The Morgan fingerprint density at radius 2 is 0.750 bits per heavy atom. The second kappa shape index (κ2) is 13.8. The molecule has 1 aliphatic carbocycles. The monoisotopic (exact) mass is 762 g/mol. The molecule has 1 aliphatic rings. The summed E-state index contributed by atoms with van der Waals surface area (Å²) in [7, 11) is 0. The summed E-state index contributed by atoms with van der Waals surface area (Å²) in [4.78, 5) is 20.8. The van der Waals surface area contributed by atoms with Crippen LogP contribution in [0.2, 0.25) is 0 Å². The standard InChI is InChI=1S/C56H34N4/c1-4-11-35(12-5-1)36-19-23-41(24-20-36)56-59-51(38-15-8-3-9-16-38)34-52(60-56)42-25-28-43-47-30-29-44(45-17-10-18-46(53(45)47)48(43)33-42)50-32-27-40-22-21-39-26-31-49(37-13-6-2-7-14-37)57-54(39)55(40)58-50/h1-34H. The molecule has 4 heteroatoms. The number of hydrogen-bond donors (Lipinski definition) is 0. The highest BCUT2D eigenvalue weighted by atomic mass is 14.9. The fourth-order valence-corrected chi connectivity index (χ4v) is 8.85. The third kappa shape index (κ3) is 5.69. The fraction of sp³-hybridized carbons (Fsp3) is 0. The van der Waals surface area contributed by atoms with Crippen molar-refractivity contribution in [1.82, 2.24) is 19.9 Å². The molecule has 0 radical (unpaired) electrons. The molecule has 0 saturated heterocycles. The molecule has 0 fully saturated rings. The Morgan fingerprint density at radius 1 is 0.250 bits per heavy atom. The molecule has 0 aliphatic heterocycles. The van der Waals surface area contributed by atoms with Gasteiger partial charge in [0.2, 0.25) is 0 Å². The maximum atomic E-state index is 5.35. The van der Waals surface area contributed by atoms with Crippen LogP contribution in [0, 0.1) is 0 Å². The Bertz CT molecular complexity index is 3450. The van der Waals surface area contributed by atoms with E-state index in [4.69, 9.17) is 19.9 Å². The van der Waals surface area contributed by atoms with Crippen LogP contribution in [-0.2, 0) is 0 Å². The van der Waals surface area contributed by atoms with Gasteiger partial charge in [0.1, 0.15) is 0 Å². The van der Waals surface area contributed by atoms with Crippen LogP contribution in [-0.4, -0.2) is 19.9 Å². The summed E-state index contributed by atoms with van der Waals surface area (Å²) in [5.41, 5.74) is 18.0. The van der Waals surface area contributed by atoms with Crippen molar-refractivity contribution in [2.24, 2.45) is 0 Å². The largest absolute Gasteiger partial charge is 0.245 e. The van der Waals surface area contributed by atoms with Crippen LogP contribution >= 0.6 is 0 Å². The summed E-state index contributed by atoms with van der Waals surface area (Å²) in [6, 6.07) is 72.6. The summed E-state index contributed by atoms with van der Waals surface area (Å²) in [6.07, 6.45) is 0. The lowest BCUT2D eigenvalue weighted by atomic mass is 9.96. The number of nitrogens with zero attached hydrogens (tertiary/aromatic N) is 4.